The fraction of sp³-hybridized carbons (Fsp3) is 0.450. The maximum absolute atomic E-state index is 13.9. The van der Waals surface area contributed by atoms with E-state index in [9.17, 15) is 63.9 Å². The predicted octanol–water partition coefficient (Wildman–Crippen LogP) is -2.82. The Bertz CT molecular complexity index is 2040. The first-order valence-electron chi connectivity index (χ1n) is 19.4. The van der Waals surface area contributed by atoms with Gasteiger partial charge in [-0.2, -0.15) is 0 Å². The van der Waals surface area contributed by atoms with Gasteiger partial charge in [0.2, 0.25) is 29.5 Å². The number of carboxylic acids is 2. The van der Waals surface area contributed by atoms with Crippen molar-refractivity contribution in [2.45, 2.75) is 102 Å². The first-order valence-corrected chi connectivity index (χ1v) is 19.4. The van der Waals surface area contributed by atoms with Gasteiger partial charge in [-0.3, -0.25) is 33.6 Å². The molecule has 0 aliphatic carbocycles. The second-order valence-electron chi connectivity index (χ2n) is 15.0. The van der Waals surface area contributed by atoms with E-state index in [-0.39, 0.29) is 18.6 Å². The molecule has 0 fully saturated rings. The summed E-state index contributed by atoms with van der Waals surface area (Å²) in [6, 6.07) is 3.84. The number of aromatic amines is 1. The number of carbonyl (C=O) groups is 8. The van der Waals surface area contributed by atoms with Crippen LogP contribution in [0.25, 0.3) is 10.9 Å². The van der Waals surface area contributed by atoms with Crippen LogP contribution in [0.1, 0.15) is 51.7 Å². The van der Waals surface area contributed by atoms with Crippen molar-refractivity contribution in [2.75, 3.05) is 6.54 Å². The Labute approximate surface area is 350 Å². The Hall–Kier alpha value is -6.58. The Morgan fingerprint density at radius 2 is 1.25 bits per heavy atom. The molecule has 61 heavy (non-hydrogen) atoms. The summed E-state index contributed by atoms with van der Waals surface area (Å²) in [7, 11) is 0. The van der Waals surface area contributed by atoms with Crippen molar-refractivity contribution in [3.05, 3.63) is 65.9 Å². The summed E-state index contributed by atoms with van der Waals surface area (Å²) in [5.41, 5.74) is 5.24. The highest BCUT2D eigenvalue weighted by molar-refractivity contribution is 5.97. The molecule has 0 aliphatic rings. The van der Waals surface area contributed by atoms with Crippen LogP contribution in [0, 0.1) is 5.92 Å². The number of carboxylic acid groups (broad SMARTS) is 2. The summed E-state index contributed by atoms with van der Waals surface area (Å²) in [6.45, 7) is 5.00. The minimum atomic E-state index is -1.80. The van der Waals surface area contributed by atoms with Gasteiger partial charge in [0.05, 0.1) is 12.6 Å². The van der Waals surface area contributed by atoms with Gasteiger partial charge < -0.3 is 68.2 Å². The van der Waals surface area contributed by atoms with E-state index in [4.69, 9.17) is 0 Å². The Morgan fingerprint density at radius 3 is 1.84 bits per heavy atom. The van der Waals surface area contributed by atoms with Gasteiger partial charge in [-0.05, 0) is 55.5 Å². The van der Waals surface area contributed by atoms with E-state index < -0.39 is 121 Å². The summed E-state index contributed by atoms with van der Waals surface area (Å²) in [4.78, 5) is 107. The van der Waals surface area contributed by atoms with Crippen LogP contribution in [0.3, 0.4) is 0 Å². The lowest BCUT2D eigenvalue weighted by Gasteiger charge is -2.28. The number of aliphatic hydroxyl groups is 2. The van der Waals surface area contributed by atoms with E-state index in [1.807, 2.05) is 0 Å². The zero-order valence-corrected chi connectivity index (χ0v) is 34.1. The number of aliphatic hydroxyl groups excluding tert-OH is 2. The lowest BCUT2D eigenvalue weighted by Crippen LogP contribution is -2.72. The lowest BCUT2D eigenvalue weighted by molar-refractivity contribution is -0.419. The van der Waals surface area contributed by atoms with Crippen LogP contribution in [0.4, 0.5) is 0 Å². The van der Waals surface area contributed by atoms with Crippen molar-refractivity contribution in [1.29, 1.82) is 0 Å². The monoisotopic (exact) mass is 855 g/mol. The summed E-state index contributed by atoms with van der Waals surface area (Å²) in [5.74, 6) is -9.01. The number of nitrogens with one attached hydrogen (secondary N) is 7. The Balaban J connectivity index is 1.88. The van der Waals surface area contributed by atoms with Crippen molar-refractivity contribution >= 4 is 58.3 Å². The maximum atomic E-state index is 13.9. The first kappa shape index (κ1) is 48.8. The fourth-order valence-corrected chi connectivity index (χ4v) is 6.07. The molecule has 332 valence electrons. The smallest absolute Gasteiger partial charge is 0.326 e. The van der Waals surface area contributed by atoms with Crippen LogP contribution < -0.4 is 37.6 Å². The number of H-pyrrole nitrogens is 1. The van der Waals surface area contributed by atoms with Crippen molar-refractivity contribution < 1.29 is 69.6 Å². The number of fused-ring (bicyclic) bond motifs is 1. The highest BCUT2D eigenvalue weighted by Crippen LogP contribution is 2.20. The zero-order valence-electron chi connectivity index (χ0n) is 34.1. The number of hydrogen-bond donors (Lipinski definition) is 13. The van der Waals surface area contributed by atoms with Crippen LogP contribution in [0.2, 0.25) is 0 Å². The molecular formula is C40H55N8O13+. The highest BCUT2D eigenvalue weighted by atomic mass is 16.4. The summed E-state index contributed by atoms with van der Waals surface area (Å²) < 4.78 is 0. The topological polar surface area (TPSA) is 353 Å². The number of phenolic OH excluding ortho intramolecular Hbond substituents is 1. The molecule has 0 saturated carbocycles. The Morgan fingerprint density at radius 1 is 0.672 bits per heavy atom. The standard InChI is InChI=1S/C40H54N8O13/c1-19(2)33(40(60)61)47-37(57)29(16-23-17-42-26-8-6-5-7-25(23)26)46-39(59)34(21(4)50)48-35(55)27(13-14-31(53)54)45-36(56)28(15-22-9-11-24(51)12-10-22)44-30(52)18-43-38(58)32(41)20(3)49/h5-12,17,19-21,27-29,32-34,42,49-51H,13-16,18,41H2,1-4H3,(H,43,58)(H,44,52)(H,45,56)(H,46,59)(H,47,57)(H,48,55)(H,53,54)(H,60,61)/p+1/t20-,21-,27+,28+,29+,32+,33+,34+/m1/s1. The SMILES string of the molecule is CC(C)[C@H](NC(=O)[C@H](Cc1c[nH]c2ccccc12)NC(=O)[C@@H](NC(=O)[C@H](CCC(=O)O)NC(=O)[C@H](Cc1ccc(O)cc1)NC(=O)CNC(=O)[C@@H]([NH3+])[C@@H](C)O)[C@@H](C)O)C(=O)O. The molecule has 0 bridgehead atoms. The van der Waals surface area contributed by atoms with E-state index in [1.54, 1.807) is 44.3 Å². The largest absolute Gasteiger partial charge is 0.508 e. The van der Waals surface area contributed by atoms with Crippen LogP contribution in [-0.4, -0.2) is 133 Å². The molecule has 21 heteroatoms. The molecule has 0 saturated heterocycles. The molecule has 1 aromatic heterocycles. The molecule has 3 aromatic rings. The molecule has 21 nitrogen and oxygen atoms in total. The molecule has 15 N–H and O–H groups in total. The molecule has 1 heterocycles. The number of amides is 6. The van der Waals surface area contributed by atoms with E-state index >= 15 is 0 Å². The third kappa shape index (κ3) is 14.9. The average Bonchev–Trinajstić information content (AvgIpc) is 3.61. The molecule has 0 aliphatic heterocycles. The van der Waals surface area contributed by atoms with Gasteiger partial charge in [-0.15, -0.1) is 0 Å². The molecule has 3 rings (SSSR count). The number of quaternary nitrogens is 1. The second-order valence-corrected chi connectivity index (χ2v) is 15.0. The lowest BCUT2D eigenvalue weighted by atomic mass is 10.0. The predicted molar refractivity (Wildman–Crippen MR) is 216 cm³/mol. The summed E-state index contributed by atoms with van der Waals surface area (Å²) in [6.07, 6.45) is -2.71. The van der Waals surface area contributed by atoms with E-state index in [0.717, 1.165) is 6.92 Å². The quantitative estimate of drug-likeness (QED) is 0.0458. The number of carbonyl (C=O) groups excluding carboxylic acids is 6. The third-order valence-corrected chi connectivity index (χ3v) is 9.68. The molecule has 0 radical (unpaired) electrons. The van der Waals surface area contributed by atoms with Crippen molar-refractivity contribution in [3.8, 4) is 5.75 Å². The van der Waals surface area contributed by atoms with Crippen molar-refractivity contribution in [1.82, 2.24) is 36.9 Å². The number of hydrogen-bond acceptors (Lipinski definition) is 11. The van der Waals surface area contributed by atoms with Gasteiger partial charge >= 0.3 is 11.9 Å². The fourth-order valence-electron chi connectivity index (χ4n) is 6.07. The molecule has 2 aromatic carbocycles. The minimum Gasteiger partial charge on any atom is -0.508 e. The highest BCUT2D eigenvalue weighted by Gasteiger charge is 2.35. The Kier molecular flexibility index (Phi) is 18.2. The molecule has 6 amide bonds. The normalized spacial score (nSPS) is 15.1. The number of para-hydroxylation sites is 1. The number of aromatic nitrogens is 1. The van der Waals surface area contributed by atoms with Gasteiger partial charge in [-0.25, -0.2) is 4.79 Å². The average molecular weight is 856 g/mol. The van der Waals surface area contributed by atoms with Crippen molar-refractivity contribution in [2.24, 2.45) is 5.92 Å². The molecule has 0 spiro atoms. The van der Waals surface area contributed by atoms with Crippen molar-refractivity contribution in [3.63, 3.8) is 0 Å². The number of aliphatic carboxylic acids is 2. The third-order valence-electron chi connectivity index (χ3n) is 9.68. The van der Waals surface area contributed by atoms with Crippen LogP contribution in [-0.2, 0) is 51.2 Å². The number of benzene rings is 2. The van der Waals surface area contributed by atoms with E-state index in [1.165, 1.54) is 31.2 Å². The second kappa shape index (κ2) is 22.7. The number of rotatable bonds is 23. The van der Waals surface area contributed by atoms with Gasteiger partial charge in [-0.1, -0.05) is 44.2 Å². The minimum absolute atomic E-state index is 0.0932. The molecule has 8 atom stereocenters. The van der Waals surface area contributed by atoms with Gasteiger partial charge in [0.25, 0.3) is 5.91 Å². The van der Waals surface area contributed by atoms with Gasteiger partial charge in [0.15, 0.2) is 6.04 Å². The number of aromatic hydroxyl groups is 1. The number of phenols is 1. The molecule has 0 unspecified atom stereocenters. The summed E-state index contributed by atoms with van der Waals surface area (Å²) in [5, 5.41) is 64.4. The first-order chi connectivity index (χ1) is 28.7. The van der Waals surface area contributed by atoms with Crippen LogP contribution in [0.15, 0.2) is 54.7 Å². The molecular weight excluding hydrogens is 800 g/mol. The van der Waals surface area contributed by atoms with E-state index in [0.29, 0.717) is 22.0 Å². The van der Waals surface area contributed by atoms with E-state index in [2.05, 4.69) is 42.6 Å². The summed E-state index contributed by atoms with van der Waals surface area (Å²) >= 11 is 0. The van der Waals surface area contributed by atoms with Crippen LogP contribution >= 0.6 is 0 Å². The van der Waals surface area contributed by atoms with Gasteiger partial charge in [0, 0.05) is 36.4 Å². The maximum Gasteiger partial charge on any atom is 0.326 e. The van der Waals surface area contributed by atoms with Gasteiger partial charge in [0.1, 0.15) is 42.1 Å². The zero-order chi connectivity index (χ0) is 45.6. The van der Waals surface area contributed by atoms with Crippen LogP contribution in [0.5, 0.6) is 5.75 Å².